The van der Waals surface area contributed by atoms with Gasteiger partial charge in [0.1, 0.15) is 12.1 Å². The lowest BCUT2D eigenvalue weighted by atomic mass is 9.96. The van der Waals surface area contributed by atoms with E-state index in [4.69, 9.17) is 23.2 Å². The Morgan fingerprint density at radius 3 is 2.59 bits per heavy atom. The second-order valence-corrected chi connectivity index (χ2v) is 10.7. The summed E-state index contributed by atoms with van der Waals surface area (Å²) in [4.78, 5) is 29.1. The Bertz CT molecular complexity index is 1070. The van der Waals surface area contributed by atoms with Crippen molar-refractivity contribution in [1.29, 1.82) is 0 Å². The van der Waals surface area contributed by atoms with Gasteiger partial charge in [0.2, 0.25) is 5.91 Å². The number of fused-ring (bicyclic) bond motifs is 1. The molecule has 0 bridgehead atoms. The van der Waals surface area contributed by atoms with Crippen molar-refractivity contribution in [3.05, 3.63) is 51.4 Å². The first-order valence-corrected chi connectivity index (χ1v) is 12.8. The Morgan fingerprint density at radius 1 is 1.18 bits per heavy atom. The fraction of sp³-hybridized carbons (Fsp3) is 0.560. The maximum Gasteiger partial charge on any atom is 0.231 e. The zero-order chi connectivity index (χ0) is 24.0. The molecule has 0 unspecified atom stereocenters. The number of carbonyl (C=O) groups is 1. The van der Waals surface area contributed by atoms with Gasteiger partial charge in [-0.1, -0.05) is 36.2 Å². The third-order valence-electron chi connectivity index (χ3n) is 7.45. The minimum Gasteiger partial charge on any atom is -0.387 e. The minimum atomic E-state index is -0.523. The molecule has 2 aromatic rings. The Balaban J connectivity index is 1.32. The summed E-state index contributed by atoms with van der Waals surface area (Å²) in [5.74, 6) is 0.959. The number of piperazine rings is 1. The number of likely N-dealkylation sites (N-methyl/N-ethyl adjacent to an activating group) is 1. The number of amides is 1. The van der Waals surface area contributed by atoms with E-state index in [9.17, 15) is 9.90 Å². The predicted molar refractivity (Wildman–Crippen MR) is 134 cm³/mol. The smallest absolute Gasteiger partial charge is 0.231 e. The van der Waals surface area contributed by atoms with E-state index in [1.807, 2.05) is 17.0 Å². The standard InChI is InChI=1S/C25H31Cl2N5O2/c1-15-11-21(33)23-22(15)24(29-14-28-23)31-7-9-32(10-8-31)25(34)18(13-30(2)17-4-5-17)16-3-6-19(26)20(27)12-16/h3,6,12,14-15,17-18,21,33H,4-5,7-11,13H2,1-2H3/t15-,18-,21-/m1/s1. The molecule has 1 aromatic heterocycles. The molecule has 3 aliphatic rings. The predicted octanol–water partition coefficient (Wildman–Crippen LogP) is 3.85. The van der Waals surface area contributed by atoms with Gasteiger partial charge in [0, 0.05) is 44.3 Å². The van der Waals surface area contributed by atoms with Crippen molar-refractivity contribution in [2.24, 2.45) is 0 Å². The highest BCUT2D eigenvalue weighted by molar-refractivity contribution is 6.42. The third-order valence-corrected chi connectivity index (χ3v) is 8.19. The van der Waals surface area contributed by atoms with Gasteiger partial charge < -0.3 is 19.8 Å². The van der Waals surface area contributed by atoms with E-state index in [1.165, 1.54) is 12.8 Å². The summed E-state index contributed by atoms with van der Waals surface area (Å²) in [6.07, 6.45) is 4.08. The lowest BCUT2D eigenvalue weighted by Crippen LogP contribution is -2.51. The van der Waals surface area contributed by atoms with Crippen molar-refractivity contribution in [2.75, 3.05) is 44.7 Å². The van der Waals surface area contributed by atoms with Crippen molar-refractivity contribution in [3.63, 3.8) is 0 Å². The number of nitrogens with zero attached hydrogens (tertiary/aromatic N) is 5. The molecule has 0 radical (unpaired) electrons. The summed E-state index contributed by atoms with van der Waals surface area (Å²) in [6, 6.07) is 6.09. The number of carbonyl (C=O) groups excluding carboxylic acids is 1. The maximum absolute atomic E-state index is 13.7. The lowest BCUT2D eigenvalue weighted by molar-refractivity contribution is -0.133. The van der Waals surface area contributed by atoms with Gasteiger partial charge in [-0.25, -0.2) is 9.97 Å². The Labute approximate surface area is 210 Å². The van der Waals surface area contributed by atoms with Crippen molar-refractivity contribution < 1.29 is 9.90 Å². The molecule has 1 N–H and O–H groups in total. The largest absolute Gasteiger partial charge is 0.387 e. The summed E-state index contributed by atoms with van der Waals surface area (Å²) >= 11 is 12.5. The molecule has 7 nitrogen and oxygen atoms in total. The van der Waals surface area contributed by atoms with Crippen LogP contribution in [0.2, 0.25) is 10.0 Å². The van der Waals surface area contributed by atoms with Gasteiger partial charge in [0.05, 0.1) is 27.8 Å². The van der Waals surface area contributed by atoms with Crippen LogP contribution in [-0.2, 0) is 4.79 Å². The molecular formula is C25H31Cl2N5O2. The highest BCUT2D eigenvalue weighted by atomic mass is 35.5. The van der Waals surface area contributed by atoms with Gasteiger partial charge in [-0.2, -0.15) is 0 Å². The molecule has 2 fully saturated rings. The van der Waals surface area contributed by atoms with E-state index in [0.29, 0.717) is 55.2 Å². The molecule has 1 saturated carbocycles. The molecular weight excluding hydrogens is 473 g/mol. The van der Waals surface area contributed by atoms with Gasteiger partial charge in [-0.05, 0) is 49.9 Å². The first-order valence-electron chi connectivity index (χ1n) is 12.0. The van der Waals surface area contributed by atoms with Crippen LogP contribution in [0, 0.1) is 0 Å². The van der Waals surface area contributed by atoms with Crippen LogP contribution < -0.4 is 4.90 Å². The molecule has 9 heteroatoms. The average molecular weight is 504 g/mol. The van der Waals surface area contributed by atoms with Crippen LogP contribution in [0.15, 0.2) is 24.5 Å². The second-order valence-electron chi connectivity index (χ2n) is 9.86. The minimum absolute atomic E-state index is 0.127. The number of anilines is 1. The van der Waals surface area contributed by atoms with Crippen LogP contribution in [0.5, 0.6) is 0 Å². The highest BCUT2D eigenvalue weighted by Crippen LogP contribution is 2.43. The summed E-state index contributed by atoms with van der Waals surface area (Å²) in [5.41, 5.74) is 2.71. The quantitative estimate of drug-likeness (QED) is 0.645. The molecule has 2 aliphatic carbocycles. The van der Waals surface area contributed by atoms with Crippen LogP contribution in [-0.4, -0.2) is 76.6 Å². The monoisotopic (exact) mass is 503 g/mol. The molecule has 0 spiro atoms. The zero-order valence-corrected chi connectivity index (χ0v) is 21.1. The summed E-state index contributed by atoms with van der Waals surface area (Å²) in [7, 11) is 2.10. The molecule has 1 saturated heterocycles. The number of aliphatic hydroxyl groups excluding tert-OH is 1. The zero-order valence-electron chi connectivity index (χ0n) is 19.6. The van der Waals surface area contributed by atoms with E-state index in [0.717, 1.165) is 22.6 Å². The van der Waals surface area contributed by atoms with Crippen molar-refractivity contribution in [3.8, 4) is 0 Å². The number of rotatable bonds is 6. The topological polar surface area (TPSA) is 72.8 Å². The fourth-order valence-corrected chi connectivity index (χ4v) is 5.63. The molecule has 3 atom stereocenters. The second kappa shape index (κ2) is 9.61. The summed E-state index contributed by atoms with van der Waals surface area (Å²) < 4.78 is 0. The number of hydrogen-bond donors (Lipinski definition) is 1. The number of benzene rings is 1. The fourth-order valence-electron chi connectivity index (χ4n) is 5.32. The van der Waals surface area contributed by atoms with E-state index < -0.39 is 6.10 Å². The molecule has 1 aromatic carbocycles. The van der Waals surface area contributed by atoms with E-state index in [-0.39, 0.29) is 17.7 Å². The van der Waals surface area contributed by atoms with E-state index >= 15 is 0 Å². The molecule has 5 rings (SSSR count). The summed E-state index contributed by atoms with van der Waals surface area (Å²) in [5, 5.41) is 11.3. The van der Waals surface area contributed by atoms with Crippen LogP contribution in [0.1, 0.15) is 60.9 Å². The Morgan fingerprint density at radius 2 is 1.91 bits per heavy atom. The number of aliphatic hydroxyl groups is 1. The van der Waals surface area contributed by atoms with Gasteiger partial charge in [-0.3, -0.25) is 4.79 Å². The Hall–Kier alpha value is -1.93. The first kappa shape index (κ1) is 23.8. The maximum atomic E-state index is 13.7. The van der Waals surface area contributed by atoms with Gasteiger partial charge >= 0.3 is 0 Å². The summed E-state index contributed by atoms with van der Waals surface area (Å²) in [6.45, 7) is 5.42. The number of halogens is 2. The van der Waals surface area contributed by atoms with Gasteiger partial charge in [0.15, 0.2) is 0 Å². The van der Waals surface area contributed by atoms with E-state index in [2.05, 4.69) is 33.7 Å². The molecule has 182 valence electrons. The third kappa shape index (κ3) is 4.63. The van der Waals surface area contributed by atoms with Crippen LogP contribution in [0.3, 0.4) is 0 Å². The van der Waals surface area contributed by atoms with Crippen LogP contribution in [0.4, 0.5) is 5.82 Å². The highest BCUT2D eigenvalue weighted by Gasteiger charge is 2.36. The van der Waals surface area contributed by atoms with Crippen LogP contribution >= 0.6 is 23.2 Å². The molecule has 34 heavy (non-hydrogen) atoms. The number of aromatic nitrogens is 2. The molecule has 1 amide bonds. The molecule has 2 heterocycles. The van der Waals surface area contributed by atoms with Gasteiger partial charge in [-0.15, -0.1) is 0 Å². The molecule has 1 aliphatic heterocycles. The normalized spacial score (nSPS) is 23.4. The van der Waals surface area contributed by atoms with Gasteiger partial charge in [0.25, 0.3) is 0 Å². The van der Waals surface area contributed by atoms with Crippen molar-refractivity contribution in [1.82, 2.24) is 19.8 Å². The SMILES string of the molecule is C[C@@H]1C[C@@H](O)c2ncnc(N3CCN(C(=O)[C@H](CN(C)C4CC4)c4ccc(Cl)c(Cl)c4)CC3)c21. The lowest BCUT2D eigenvalue weighted by Gasteiger charge is -2.38. The van der Waals surface area contributed by atoms with Crippen molar-refractivity contribution >= 4 is 34.9 Å². The average Bonchev–Trinajstić information content (AvgIpc) is 3.65. The first-order chi connectivity index (χ1) is 16.3. The van der Waals surface area contributed by atoms with E-state index in [1.54, 1.807) is 12.4 Å². The Kier molecular flexibility index (Phi) is 6.73. The van der Waals surface area contributed by atoms with Crippen LogP contribution in [0.25, 0.3) is 0 Å². The number of hydrogen-bond acceptors (Lipinski definition) is 6. The van der Waals surface area contributed by atoms with Crippen molar-refractivity contribution in [2.45, 2.75) is 50.2 Å².